The summed E-state index contributed by atoms with van der Waals surface area (Å²) in [5.74, 6) is 1.30. The van der Waals surface area contributed by atoms with Crippen molar-refractivity contribution in [1.82, 2.24) is 10.6 Å². The summed E-state index contributed by atoms with van der Waals surface area (Å²) in [5.41, 5.74) is -0.428. The number of hydrogen-bond donors (Lipinski definition) is 2. The number of ether oxygens (including phenoxy) is 1. The van der Waals surface area contributed by atoms with E-state index in [4.69, 9.17) is 4.74 Å². The predicted molar refractivity (Wildman–Crippen MR) is 78.2 cm³/mol. The number of carbonyl (C=O) groups is 1. The Morgan fingerprint density at radius 1 is 1.32 bits per heavy atom. The minimum Gasteiger partial charge on any atom is -0.444 e. The molecule has 4 heteroatoms. The number of hydrogen-bond acceptors (Lipinski definition) is 3. The average molecular weight is 270 g/mol. The van der Waals surface area contributed by atoms with Gasteiger partial charge in [0.1, 0.15) is 5.60 Å². The largest absolute Gasteiger partial charge is 0.444 e. The standard InChI is InChI=1S/C15H30N2O2/c1-6-11(2)9-16-10-13(12-7-8-12)17-14(18)19-15(3,4)5/h11-13,16H,6-10H2,1-5H3,(H,17,18). The third-order valence-corrected chi connectivity index (χ3v) is 3.45. The van der Waals surface area contributed by atoms with Crippen molar-refractivity contribution in [2.24, 2.45) is 11.8 Å². The van der Waals surface area contributed by atoms with Gasteiger partial charge in [-0.25, -0.2) is 4.79 Å². The first kappa shape index (κ1) is 16.3. The minimum absolute atomic E-state index is 0.207. The van der Waals surface area contributed by atoms with E-state index in [0.717, 1.165) is 13.1 Å². The van der Waals surface area contributed by atoms with Crippen LogP contribution in [0.15, 0.2) is 0 Å². The van der Waals surface area contributed by atoms with Gasteiger partial charge in [0.05, 0.1) is 0 Å². The Balaban J connectivity index is 2.30. The van der Waals surface area contributed by atoms with Crippen molar-refractivity contribution in [1.29, 1.82) is 0 Å². The van der Waals surface area contributed by atoms with E-state index < -0.39 is 5.60 Å². The van der Waals surface area contributed by atoms with Crippen LogP contribution in [-0.4, -0.2) is 30.8 Å². The normalized spacial score (nSPS) is 18.8. The second-order valence-corrected chi connectivity index (χ2v) is 6.76. The zero-order chi connectivity index (χ0) is 14.5. The lowest BCUT2D eigenvalue weighted by molar-refractivity contribution is 0.0497. The lowest BCUT2D eigenvalue weighted by Gasteiger charge is -2.24. The molecular weight excluding hydrogens is 240 g/mol. The molecule has 19 heavy (non-hydrogen) atoms. The van der Waals surface area contributed by atoms with Crippen LogP contribution in [0, 0.1) is 11.8 Å². The van der Waals surface area contributed by atoms with Gasteiger partial charge in [-0.15, -0.1) is 0 Å². The van der Waals surface area contributed by atoms with Crippen LogP contribution in [0.1, 0.15) is 53.9 Å². The summed E-state index contributed by atoms with van der Waals surface area (Å²) in [4.78, 5) is 11.8. The van der Waals surface area contributed by atoms with Crippen LogP contribution in [-0.2, 0) is 4.74 Å². The first-order valence-electron chi connectivity index (χ1n) is 7.52. The Morgan fingerprint density at radius 2 is 1.95 bits per heavy atom. The second-order valence-electron chi connectivity index (χ2n) is 6.76. The Hall–Kier alpha value is -0.770. The van der Waals surface area contributed by atoms with Gasteiger partial charge in [-0.2, -0.15) is 0 Å². The summed E-state index contributed by atoms with van der Waals surface area (Å²) >= 11 is 0. The average Bonchev–Trinajstić information content (AvgIpc) is 3.08. The zero-order valence-corrected chi connectivity index (χ0v) is 13.1. The van der Waals surface area contributed by atoms with E-state index in [-0.39, 0.29) is 12.1 Å². The van der Waals surface area contributed by atoms with E-state index in [1.807, 2.05) is 20.8 Å². The Bertz CT molecular complexity index is 282. The molecule has 1 fully saturated rings. The minimum atomic E-state index is -0.428. The molecule has 0 aliphatic heterocycles. The van der Waals surface area contributed by atoms with E-state index >= 15 is 0 Å². The molecule has 1 aliphatic rings. The molecule has 0 bridgehead atoms. The van der Waals surface area contributed by atoms with Crippen LogP contribution in [0.4, 0.5) is 4.79 Å². The zero-order valence-electron chi connectivity index (χ0n) is 13.1. The molecule has 2 atom stereocenters. The Kier molecular flexibility index (Phi) is 6.11. The molecular formula is C15H30N2O2. The van der Waals surface area contributed by atoms with Gasteiger partial charge >= 0.3 is 6.09 Å². The van der Waals surface area contributed by atoms with E-state index in [0.29, 0.717) is 11.8 Å². The van der Waals surface area contributed by atoms with Gasteiger partial charge < -0.3 is 15.4 Å². The molecule has 112 valence electrons. The molecule has 0 aromatic heterocycles. The van der Waals surface area contributed by atoms with Crippen LogP contribution in [0.25, 0.3) is 0 Å². The van der Waals surface area contributed by atoms with Gasteiger partial charge in [0, 0.05) is 12.6 Å². The Labute approximate surface area is 117 Å². The number of nitrogens with one attached hydrogen (secondary N) is 2. The lowest BCUT2D eigenvalue weighted by Crippen LogP contribution is -2.46. The van der Waals surface area contributed by atoms with Crippen LogP contribution >= 0.6 is 0 Å². The quantitative estimate of drug-likeness (QED) is 0.748. The summed E-state index contributed by atoms with van der Waals surface area (Å²) in [6.07, 6.45) is 3.31. The highest BCUT2D eigenvalue weighted by Gasteiger charge is 2.33. The van der Waals surface area contributed by atoms with E-state index in [2.05, 4.69) is 24.5 Å². The Morgan fingerprint density at radius 3 is 2.42 bits per heavy atom. The van der Waals surface area contributed by atoms with Gasteiger partial charge in [0.15, 0.2) is 0 Å². The molecule has 0 saturated heterocycles. The summed E-state index contributed by atoms with van der Waals surface area (Å²) in [5, 5.41) is 6.46. The maximum absolute atomic E-state index is 11.8. The summed E-state index contributed by atoms with van der Waals surface area (Å²) in [6, 6.07) is 0.207. The molecule has 2 N–H and O–H groups in total. The fraction of sp³-hybridized carbons (Fsp3) is 0.933. The lowest BCUT2D eigenvalue weighted by atomic mass is 10.1. The molecule has 0 radical (unpaired) electrons. The summed E-state index contributed by atoms with van der Waals surface area (Å²) < 4.78 is 5.32. The smallest absolute Gasteiger partial charge is 0.407 e. The van der Waals surface area contributed by atoms with Crippen molar-refractivity contribution >= 4 is 6.09 Å². The van der Waals surface area contributed by atoms with Gasteiger partial charge in [-0.3, -0.25) is 0 Å². The van der Waals surface area contributed by atoms with Crippen molar-refractivity contribution < 1.29 is 9.53 Å². The number of carbonyl (C=O) groups excluding carboxylic acids is 1. The van der Waals surface area contributed by atoms with Crippen LogP contribution in [0.3, 0.4) is 0 Å². The van der Waals surface area contributed by atoms with Crippen molar-refractivity contribution in [2.75, 3.05) is 13.1 Å². The summed E-state index contributed by atoms with van der Waals surface area (Å²) in [7, 11) is 0. The van der Waals surface area contributed by atoms with Crippen LogP contribution in [0.5, 0.6) is 0 Å². The van der Waals surface area contributed by atoms with Gasteiger partial charge in [0.2, 0.25) is 0 Å². The third-order valence-electron chi connectivity index (χ3n) is 3.45. The molecule has 2 unspecified atom stereocenters. The topological polar surface area (TPSA) is 50.4 Å². The molecule has 0 heterocycles. The van der Waals surface area contributed by atoms with Crippen molar-refractivity contribution in [3.05, 3.63) is 0 Å². The highest BCUT2D eigenvalue weighted by molar-refractivity contribution is 5.68. The van der Waals surface area contributed by atoms with Crippen molar-refractivity contribution in [3.63, 3.8) is 0 Å². The summed E-state index contributed by atoms with van der Waals surface area (Å²) in [6.45, 7) is 12.0. The molecule has 0 aromatic rings. The SMILES string of the molecule is CCC(C)CNCC(NC(=O)OC(C)(C)C)C1CC1. The van der Waals surface area contributed by atoms with E-state index in [9.17, 15) is 4.79 Å². The van der Waals surface area contributed by atoms with Gasteiger partial charge in [-0.1, -0.05) is 20.3 Å². The van der Waals surface area contributed by atoms with Gasteiger partial charge in [-0.05, 0) is 52.0 Å². The van der Waals surface area contributed by atoms with Crippen molar-refractivity contribution in [2.45, 2.75) is 65.5 Å². The molecule has 0 aromatic carbocycles. The highest BCUT2D eigenvalue weighted by Crippen LogP contribution is 2.32. The maximum Gasteiger partial charge on any atom is 0.407 e. The van der Waals surface area contributed by atoms with E-state index in [1.165, 1.54) is 19.3 Å². The fourth-order valence-electron chi connectivity index (χ4n) is 1.92. The van der Waals surface area contributed by atoms with E-state index in [1.54, 1.807) is 0 Å². The number of amides is 1. The number of alkyl carbamates (subject to hydrolysis) is 1. The number of rotatable bonds is 7. The monoisotopic (exact) mass is 270 g/mol. The van der Waals surface area contributed by atoms with Crippen LogP contribution < -0.4 is 10.6 Å². The second kappa shape index (κ2) is 7.13. The highest BCUT2D eigenvalue weighted by atomic mass is 16.6. The predicted octanol–water partition coefficient (Wildman–Crippen LogP) is 2.93. The molecule has 1 saturated carbocycles. The van der Waals surface area contributed by atoms with Crippen molar-refractivity contribution in [3.8, 4) is 0 Å². The molecule has 1 rings (SSSR count). The fourth-order valence-corrected chi connectivity index (χ4v) is 1.92. The first-order chi connectivity index (χ1) is 8.81. The molecule has 4 nitrogen and oxygen atoms in total. The molecule has 1 amide bonds. The maximum atomic E-state index is 11.8. The molecule has 0 spiro atoms. The first-order valence-corrected chi connectivity index (χ1v) is 7.52. The third kappa shape index (κ3) is 7.41. The molecule has 1 aliphatic carbocycles. The van der Waals surface area contributed by atoms with Crippen LogP contribution in [0.2, 0.25) is 0 Å². The van der Waals surface area contributed by atoms with Gasteiger partial charge in [0.25, 0.3) is 0 Å².